The first-order chi connectivity index (χ1) is 10.6. The average molecular weight is 300 g/mol. The zero-order valence-corrected chi connectivity index (χ0v) is 13.4. The van der Waals surface area contributed by atoms with Crippen LogP contribution in [0.25, 0.3) is 0 Å². The van der Waals surface area contributed by atoms with Gasteiger partial charge in [0.2, 0.25) is 11.8 Å². The van der Waals surface area contributed by atoms with Crippen LogP contribution < -0.4 is 10.2 Å². The molecular weight excluding hydrogens is 276 g/mol. The second-order valence-corrected chi connectivity index (χ2v) is 6.70. The van der Waals surface area contributed by atoms with Gasteiger partial charge in [-0.2, -0.15) is 0 Å². The Labute approximate surface area is 131 Å². The van der Waals surface area contributed by atoms with Gasteiger partial charge in [0.05, 0.1) is 0 Å². The summed E-state index contributed by atoms with van der Waals surface area (Å²) in [5, 5.41) is 3.02. The molecule has 1 saturated carbocycles. The largest absolute Gasteiger partial charge is 0.352 e. The van der Waals surface area contributed by atoms with Crippen LogP contribution in [0.5, 0.6) is 0 Å². The highest BCUT2D eigenvalue weighted by molar-refractivity contribution is 5.96. The molecule has 0 bridgehead atoms. The average Bonchev–Trinajstić information content (AvgIpc) is 2.85. The minimum absolute atomic E-state index is 0.0207. The Kier molecular flexibility index (Phi) is 4.19. The quantitative estimate of drug-likeness (QED) is 0.929. The van der Waals surface area contributed by atoms with E-state index in [2.05, 4.69) is 11.4 Å². The Morgan fingerprint density at radius 2 is 2.09 bits per heavy atom. The number of benzene rings is 1. The lowest BCUT2D eigenvalue weighted by Crippen LogP contribution is -2.34. The van der Waals surface area contributed by atoms with Gasteiger partial charge in [0.1, 0.15) is 0 Å². The fourth-order valence-electron chi connectivity index (χ4n) is 3.11. The van der Waals surface area contributed by atoms with E-state index in [0.29, 0.717) is 6.54 Å². The zero-order valence-electron chi connectivity index (χ0n) is 13.4. The van der Waals surface area contributed by atoms with E-state index in [1.807, 2.05) is 30.9 Å². The molecule has 4 heteroatoms. The summed E-state index contributed by atoms with van der Waals surface area (Å²) in [4.78, 5) is 26.0. The van der Waals surface area contributed by atoms with Crippen molar-refractivity contribution in [1.82, 2.24) is 5.32 Å². The standard InChI is InChI=1S/C18H24N2O2/c1-12(2)18(22)20-9-8-15-10-13(6-7-16(15)20)11-19-17(21)14-4-3-5-14/h6-7,10,12,14H,3-5,8-9,11H2,1-2H3,(H,19,21). The summed E-state index contributed by atoms with van der Waals surface area (Å²) in [6.45, 7) is 5.22. The van der Waals surface area contributed by atoms with Crippen molar-refractivity contribution in [3.8, 4) is 0 Å². The zero-order chi connectivity index (χ0) is 15.7. The number of nitrogens with zero attached hydrogens (tertiary/aromatic N) is 1. The van der Waals surface area contributed by atoms with Crippen molar-refractivity contribution in [3.63, 3.8) is 0 Å². The van der Waals surface area contributed by atoms with E-state index in [0.717, 1.165) is 37.1 Å². The molecule has 22 heavy (non-hydrogen) atoms. The normalized spacial score (nSPS) is 17.3. The Morgan fingerprint density at radius 1 is 1.32 bits per heavy atom. The summed E-state index contributed by atoms with van der Waals surface area (Å²) in [6.07, 6.45) is 4.14. The molecule has 2 aliphatic rings. The lowest BCUT2D eigenvalue weighted by molar-refractivity contribution is -0.127. The van der Waals surface area contributed by atoms with Gasteiger partial charge in [-0.3, -0.25) is 9.59 Å². The van der Waals surface area contributed by atoms with Gasteiger partial charge in [-0.25, -0.2) is 0 Å². The van der Waals surface area contributed by atoms with E-state index < -0.39 is 0 Å². The van der Waals surface area contributed by atoms with Crippen LogP contribution in [0.2, 0.25) is 0 Å². The first-order valence-corrected chi connectivity index (χ1v) is 8.27. The molecule has 1 aliphatic carbocycles. The molecule has 3 rings (SSSR count). The van der Waals surface area contributed by atoms with Gasteiger partial charge in [-0.1, -0.05) is 32.4 Å². The maximum Gasteiger partial charge on any atom is 0.229 e. The molecule has 0 saturated heterocycles. The summed E-state index contributed by atoms with van der Waals surface area (Å²) < 4.78 is 0. The van der Waals surface area contributed by atoms with Crippen molar-refractivity contribution in [1.29, 1.82) is 0 Å². The molecule has 1 aromatic rings. The van der Waals surface area contributed by atoms with Crippen LogP contribution in [0.3, 0.4) is 0 Å². The van der Waals surface area contributed by atoms with E-state index in [1.54, 1.807) is 0 Å². The summed E-state index contributed by atoms with van der Waals surface area (Å²) in [5.74, 6) is 0.620. The molecule has 4 nitrogen and oxygen atoms in total. The van der Waals surface area contributed by atoms with Crippen molar-refractivity contribution in [2.24, 2.45) is 11.8 Å². The second-order valence-electron chi connectivity index (χ2n) is 6.70. The van der Waals surface area contributed by atoms with Gasteiger partial charge in [-0.05, 0) is 36.5 Å². The third-order valence-corrected chi connectivity index (χ3v) is 4.74. The number of anilines is 1. The van der Waals surface area contributed by atoms with Crippen molar-refractivity contribution in [2.45, 2.75) is 46.1 Å². The number of amides is 2. The molecule has 1 fully saturated rings. The lowest BCUT2D eigenvalue weighted by Gasteiger charge is -2.24. The maximum atomic E-state index is 12.2. The lowest BCUT2D eigenvalue weighted by atomic mass is 9.85. The molecule has 0 radical (unpaired) electrons. The summed E-state index contributed by atoms with van der Waals surface area (Å²) >= 11 is 0. The number of carbonyl (C=O) groups excluding carboxylic acids is 2. The van der Waals surface area contributed by atoms with E-state index >= 15 is 0 Å². The number of carbonyl (C=O) groups is 2. The van der Waals surface area contributed by atoms with Crippen molar-refractivity contribution in [3.05, 3.63) is 29.3 Å². The van der Waals surface area contributed by atoms with Gasteiger partial charge >= 0.3 is 0 Å². The van der Waals surface area contributed by atoms with Gasteiger partial charge in [0.25, 0.3) is 0 Å². The van der Waals surface area contributed by atoms with Crippen molar-refractivity contribution < 1.29 is 9.59 Å². The van der Waals surface area contributed by atoms with Crippen LogP contribution in [0.4, 0.5) is 5.69 Å². The van der Waals surface area contributed by atoms with E-state index in [1.165, 1.54) is 12.0 Å². The molecule has 0 unspecified atom stereocenters. The van der Waals surface area contributed by atoms with Gasteiger partial charge in [-0.15, -0.1) is 0 Å². The fourth-order valence-corrected chi connectivity index (χ4v) is 3.11. The Balaban J connectivity index is 1.64. The molecule has 0 atom stereocenters. The molecule has 1 heterocycles. The Bertz CT molecular complexity index is 591. The van der Waals surface area contributed by atoms with E-state index in [4.69, 9.17) is 0 Å². The summed E-state index contributed by atoms with van der Waals surface area (Å²) in [5.41, 5.74) is 3.36. The van der Waals surface area contributed by atoms with Gasteiger partial charge < -0.3 is 10.2 Å². The SMILES string of the molecule is CC(C)C(=O)N1CCc2cc(CNC(=O)C3CCC3)ccc21. The molecule has 118 valence electrons. The fraction of sp³-hybridized carbons (Fsp3) is 0.556. The second kappa shape index (κ2) is 6.11. The van der Waals surface area contributed by atoms with Crippen LogP contribution in [0.1, 0.15) is 44.2 Å². The molecule has 1 aromatic carbocycles. The van der Waals surface area contributed by atoms with Crippen LogP contribution in [-0.2, 0) is 22.6 Å². The van der Waals surface area contributed by atoms with Crippen molar-refractivity contribution >= 4 is 17.5 Å². The smallest absolute Gasteiger partial charge is 0.229 e. The summed E-state index contributed by atoms with van der Waals surface area (Å²) in [7, 11) is 0. The Hall–Kier alpha value is -1.84. The predicted molar refractivity (Wildman–Crippen MR) is 86.5 cm³/mol. The third kappa shape index (κ3) is 2.87. The Morgan fingerprint density at radius 3 is 2.73 bits per heavy atom. The predicted octanol–water partition coefficient (Wildman–Crippen LogP) is 2.65. The van der Waals surface area contributed by atoms with E-state index in [-0.39, 0.29) is 23.7 Å². The molecule has 1 N–H and O–H groups in total. The minimum Gasteiger partial charge on any atom is -0.352 e. The van der Waals surface area contributed by atoms with Gasteiger partial charge in [0.15, 0.2) is 0 Å². The number of hydrogen-bond acceptors (Lipinski definition) is 2. The van der Waals surface area contributed by atoms with Crippen LogP contribution in [0.15, 0.2) is 18.2 Å². The third-order valence-electron chi connectivity index (χ3n) is 4.74. The topological polar surface area (TPSA) is 49.4 Å². The van der Waals surface area contributed by atoms with Crippen LogP contribution in [-0.4, -0.2) is 18.4 Å². The number of hydrogen-bond donors (Lipinski definition) is 1. The minimum atomic E-state index is 0.0207. The molecule has 0 spiro atoms. The number of nitrogens with one attached hydrogen (secondary N) is 1. The molecule has 0 aromatic heterocycles. The highest BCUT2D eigenvalue weighted by Crippen LogP contribution is 2.30. The number of fused-ring (bicyclic) bond motifs is 1. The maximum absolute atomic E-state index is 12.2. The molecular formula is C18H24N2O2. The highest BCUT2D eigenvalue weighted by Gasteiger charge is 2.27. The van der Waals surface area contributed by atoms with Crippen LogP contribution >= 0.6 is 0 Å². The highest BCUT2D eigenvalue weighted by atomic mass is 16.2. The molecule has 2 amide bonds. The van der Waals surface area contributed by atoms with Crippen LogP contribution in [0, 0.1) is 11.8 Å². The number of rotatable bonds is 4. The first kappa shape index (κ1) is 15.1. The first-order valence-electron chi connectivity index (χ1n) is 8.27. The summed E-state index contributed by atoms with van der Waals surface area (Å²) in [6, 6.07) is 6.17. The van der Waals surface area contributed by atoms with E-state index in [9.17, 15) is 9.59 Å². The molecule has 1 aliphatic heterocycles. The monoisotopic (exact) mass is 300 g/mol. The van der Waals surface area contributed by atoms with Gasteiger partial charge in [0, 0.05) is 30.6 Å². The van der Waals surface area contributed by atoms with Crippen molar-refractivity contribution in [2.75, 3.05) is 11.4 Å².